The van der Waals surface area contributed by atoms with E-state index < -0.39 is 0 Å². The molecule has 2 rings (SSSR count). The van der Waals surface area contributed by atoms with Gasteiger partial charge in [-0.25, -0.2) is 0 Å². The van der Waals surface area contributed by atoms with Crippen LogP contribution in [0.15, 0.2) is 0 Å². The molecule has 3 nitrogen and oxygen atoms in total. The van der Waals surface area contributed by atoms with Crippen LogP contribution in [0.4, 0.5) is 0 Å². The highest BCUT2D eigenvalue weighted by molar-refractivity contribution is 4.83. The van der Waals surface area contributed by atoms with Gasteiger partial charge in [0.15, 0.2) is 0 Å². The molecule has 0 spiro atoms. The summed E-state index contributed by atoms with van der Waals surface area (Å²) in [5.74, 6) is 0. The molecule has 1 aliphatic heterocycles. The van der Waals surface area contributed by atoms with Crippen molar-refractivity contribution < 1.29 is 0 Å². The molecule has 19 heavy (non-hydrogen) atoms. The average Bonchev–Trinajstić information content (AvgIpc) is 2.98. The number of nitrogens with zero attached hydrogens (tertiary/aromatic N) is 2. The zero-order chi connectivity index (χ0) is 13.5. The predicted molar refractivity (Wildman–Crippen MR) is 82.6 cm³/mol. The number of rotatable bonds is 7. The Morgan fingerprint density at radius 2 is 1.79 bits per heavy atom. The van der Waals surface area contributed by atoms with Gasteiger partial charge in [-0.2, -0.15) is 0 Å². The normalized spacial score (nSPS) is 24.9. The van der Waals surface area contributed by atoms with Crippen molar-refractivity contribution in [2.24, 2.45) is 0 Å². The van der Waals surface area contributed by atoms with Gasteiger partial charge in [0.2, 0.25) is 0 Å². The maximum absolute atomic E-state index is 3.59. The minimum atomic E-state index is 0.697. The van der Waals surface area contributed by atoms with Gasteiger partial charge in [0.25, 0.3) is 0 Å². The van der Waals surface area contributed by atoms with E-state index in [9.17, 15) is 0 Å². The molecule has 1 saturated carbocycles. The number of piperazine rings is 1. The molecule has 2 fully saturated rings. The third-order valence-electron chi connectivity index (χ3n) is 4.96. The summed E-state index contributed by atoms with van der Waals surface area (Å²) in [7, 11) is 0. The van der Waals surface area contributed by atoms with E-state index in [2.05, 4.69) is 29.0 Å². The molecule has 1 saturated heterocycles. The molecule has 1 aliphatic carbocycles. The zero-order valence-electron chi connectivity index (χ0n) is 13.0. The summed E-state index contributed by atoms with van der Waals surface area (Å²) < 4.78 is 0. The summed E-state index contributed by atoms with van der Waals surface area (Å²) >= 11 is 0. The van der Waals surface area contributed by atoms with E-state index in [0.29, 0.717) is 6.04 Å². The molecular formula is C16H33N3. The van der Waals surface area contributed by atoms with Crippen LogP contribution in [0.3, 0.4) is 0 Å². The molecule has 1 atom stereocenters. The number of unbranched alkanes of at least 4 members (excludes halogenated alkanes) is 1. The van der Waals surface area contributed by atoms with E-state index in [1.54, 1.807) is 0 Å². The molecule has 112 valence electrons. The molecule has 1 N–H and O–H groups in total. The fourth-order valence-electron chi connectivity index (χ4n) is 3.55. The van der Waals surface area contributed by atoms with E-state index in [4.69, 9.17) is 0 Å². The van der Waals surface area contributed by atoms with Crippen LogP contribution in [-0.4, -0.2) is 61.2 Å². The highest BCUT2D eigenvalue weighted by Crippen LogP contribution is 2.24. The highest BCUT2D eigenvalue weighted by Gasteiger charge is 2.27. The molecule has 1 unspecified atom stereocenters. The van der Waals surface area contributed by atoms with Gasteiger partial charge in [-0.15, -0.1) is 0 Å². The van der Waals surface area contributed by atoms with Gasteiger partial charge in [-0.05, 0) is 32.7 Å². The summed E-state index contributed by atoms with van der Waals surface area (Å²) in [6.07, 6.45) is 8.43. The molecule has 0 aromatic carbocycles. The Labute approximate surface area is 119 Å². The quantitative estimate of drug-likeness (QED) is 0.714. The van der Waals surface area contributed by atoms with E-state index >= 15 is 0 Å². The van der Waals surface area contributed by atoms with Crippen LogP contribution < -0.4 is 5.32 Å². The van der Waals surface area contributed by atoms with Crippen LogP contribution in [0.2, 0.25) is 0 Å². The Bertz CT molecular complexity index is 230. The number of nitrogens with one attached hydrogen (secondary N) is 1. The van der Waals surface area contributed by atoms with Crippen molar-refractivity contribution in [1.29, 1.82) is 0 Å². The van der Waals surface area contributed by atoms with E-state index in [1.807, 2.05) is 0 Å². The van der Waals surface area contributed by atoms with E-state index in [0.717, 1.165) is 12.6 Å². The summed E-state index contributed by atoms with van der Waals surface area (Å²) in [5.41, 5.74) is 0. The fraction of sp³-hybridized carbons (Fsp3) is 1.00. The van der Waals surface area contributed by atoms with Gasteiger partial charge >= 0.3 is 0 Å². The third kappa shape index (κ3) is 4.73. The molecule has 3 heteroatoms. The topological polar surface area (TPSA) is 18.5 Å². The Kier molecular flexibility index (Phi) is 6.62. The van der Waals surface area contributed by atoms with Crippen LogP contribution in [0.25, 0.3) is 0 Å². The minimum Gasteiger partial charge on any atom is -0.315 e. The van der Waals surface area contributed by atoms with Crippen LogP contribution in [0.5, 0.6) is 0 Å². The minimum absolute atomic E-state index is 0.697. The number of hydrogen-bond donors (Lipinski definition) is 1. The zero-order valence-corrected chi connectivity index (χ0v) is 13.0. The summed E-state index contributed by atoms with van der Waals surface area (Å²) in [6, 6.07) is 1.61. The molecule has 0 aromatic heterocycles. The second-order valence-corrected chi connectivity index (χ2v) is 6.42. The van der Waals surface area contributed by atoms with Gasteiger partial charge < -0.3 is 5.32 Å². The van der Waals surface area contributed by atoms with Crippen LogP contribution >= 0.6 is 0 Å². The van der Waals surface area contributed by atoms with Gasteiger partial charge in [-0.1, -0.05) is 26.2 Å². The lowest BCUT2D eigenvalue weighted by atomic mass is 10.1. The Morgan fingerprint density at radius 1 is 1.11 bits per heavy atom. The second kappa shape index (κ2) is 8.23. The van der Waals surface area contributed by atoms with Gasteiger partial charge in [0.05, 0.1) is 0 Å². The monoisotopic (exact) mass is 267 g/mol. The van der Waals surface area contributed by atoms with Crippen molar-refractivity contribution in [2.75, 3.05) is 39.3 Å². The summed E-state index contributed by atoms with van der Waals surface area (Å²) in [6.45, 7) is 12.1. The standard InChI is InChI=1S/C16H33N3/c1-3-4-9-17-14-15(2)18-10-12-19(13-11-18)16-7-5-6-8-16/h15-17H,3-14H2,1-2H3. The van der Waals surface area contributed by atoms with Crippen molar-refractivity contribution in [3.05, 3.63) is 0 Å². The molecular weight excluding hydrogens is 234 g/mol. The van der Waals surface area contributed by atoms with Crippen molar-refractivity contribution in [3.63, 3.8) is 0 Å². The first-order valence-corrected chi connectivity index (χ1v) is 8.50. The Balaban J connectivity index is 1.61. The van der Waals surface area contributed by atoms with Crippen molar-refractivity contribution in [2.45, 2.75) is 64.5 Å². The van der Waals surface area contributed by atoms with Gasteiger partial charge in [0.1, 0.15) is 0 Å². The first-order valence-electron chi connectivity index (χ1n) is 8.50. The summed E-state index contributed by atoms with van der Waals surface area (Å²) in [4.78, 5) is 5.42. The van der Waals surface area contributed by atoms with Gasteiger partial charge in [-0.3, -0.25) is 9.80 Å². The summed E-state index contributed by atoms with van der Waals surface area (Å²) in [5, 5.41) is 3.59. The first kappa shape index (κ1) is 15.3. The number of hydrogen-bond acceptors (Lipinski definition) is 3. The van der Waals surface area contributed by atoms with Crippen LogP contribution in [0.1, 0.15) is 52.4 Å². The second-order valence-electron chi connectivity index (χ2n) is 6.42. The largest absolute Gasteiger partial charge is 0.315 e. The SMILES string of the molecule is CCCCNCC(C)N1CCN(C2CCCC2)CC1. The average molecular weight is 267 g/mol. The predicted octanol–water partition coefficient (Wildman–Crippen LogP) is 2.32. The van der Waals surface area contributed by atoms with E-state index in [1.165, 1.54) is 71.2 Å². The lowest BCUT2D eigenvalue weighted by Gasteiger charge is -2.40. The highest BCUT2D eigenvalue weighted by atomic mass is 15.3. The van der Waals surface area contributed by atoms with Crippen LogP contribution in [-0.2, 0) is 0 Å². The Morgan fingerprint density at radius 3 is 2.42 bits per heavy atom. The molecule has 0 bridgehead atoms. The first-order chi connectivity index (χ1) is 9.31. The maximum Gasteiger partial charge on any atom is 0.0193 e. The lowest BCUT2D eigenvalue weighted by molar-refractivity contribution is 0.0750. The van der Waals surface area contributed by atoms with Crippen molar-refractivity contribution >= 4 is 0 Å². The van der Waals surface area contributed by atoms with E-state index in [-0.39, 0.29) is 0 Å². The molecule has 1 heterocycles. The Hall–Kier alpha value is -0.120. The molecule has 2 aliphatic rings. The molecule has 0 aromatic rings. The fourth-order valence-corrected chi connectivity index (χ4v) is 3.55. The molecule has 0 radical (unpaired) electrons. The van der Waals surface area contributed by atoms with Crippen molar-refractivity contribution in [3.8, 4) is 0 Å². The van der Waals surface area contributed by atoms with Gasteiger partial charge in [0, 0.05) is 44.8 Å². The lowest BCUT2D eigenvalue weighted by Crippen LogP contribution is -2.53. The maximum atomic E-state index is 3.59. The smallest absolute Gasteiger partial charge is 0.0193 e. The molecule has 0 amide bonds. The van der Waals surface area contributed by atoms with Crippen molar-refractivity contribution in [1.82, 2.24) is 15.1 Å². The van der Waals surface area contributed by atoms with Crippen LogP contribution in [0, 0.1) is 0 Å². The third-order valence-corrected chi connectivity index (χ3v) is 4.96.